The molecular weight excluding hydrogens is 283 g/mol. The van der Waals surface area contributed by atoms with E-state index < -0.39 is 5.91 Å². The Kier molecular flexibility index (Phi) is 3.47. The second kappa shape index (κ2) is 5.44. The quantitative estimate of drug-likeness (QED) is 0.762. The summed E-state index contributed by atoms with van der Waals surface area (Å²) in [5.41, 5.74) is 1.65. The van der Waals surface area contributed by atoms with Crippen LogP contribution in [0.2, 0.25) is 0 Å². The van der Waals surface area contributed by atoms with Gasteiger partial charge in [0.2, 0.25) is 5.56 Å². The largest absolute Gasteiger partial charge is 0.322 e. The number of aromatic nitrogens is 1. The Morgan fingerprint density at radius 3 is 2.68 bits per heavy atom. The van der Waals surface area contributed by atoms with Crippen LogP contribution in [0, 0.1) is 12.7 Å². The van der Waals surface area contributed by atoms with Crippen molar-refractivity contribution in [2.45, 2.75) is 6.92 Å². The first kappa shape index (κ1) is 14.0. The minimum absolute atomic E-state index is 0.281. The number of para-hydroxylation sites is 1. The summed E-state index contributed by atoms with van der Waals surface area (Å²) >= 11 is 0. The summed E-state index contributed by atoms with van der Waals surface area (Å²) in [4.78, 5) is 26.8. The van der Waals surface area contributed by atoms with E-state index in [-0.39, 0.29) is 16.9 Å². The molecule has 1 heterocycles. The van der Waals surface area contributed by atoms with E-state index in [2.05, 4.69) is 10.3 Å². The summed E-state index contributed by atoms with van der Waals surface area (Å²) in [7, 11) is 0. The van der Waals surface area contributed by atoms with Crippen molar-refractivity contribution < 1.29 is 9.18 Å². The molecule has 3 rings (SSSR count). The van der Waals surface area contributed by atoms with Crippen LogP contribution in [0.5, 0.6) is 0 Å². The molecule has 4 nitrogen and oxygen atoms in total. The van der Waals surface area contributed by atoms with Crippen molar-refractivity contribution in [2.24, 2.45) is 0 Å². The van der Waals surface area contributed by atoms with Gasteiger partial charge in [0.1, 0.15) is 5.82 Å². The minimum atomic E-state index is -0.406. The minimum Gasteiger partial charge on any atom is -0.322 e. The van der Waals surface area contributed by atoms with Crippen molar-refractivity contribution in [1.82, 2.24) is 4.98 Å². The molecule has 0 unspecified atom stereocenters. The van der Waals surface area contributed by atoms with E-state index in [4.69, 9.17) is 0 Å². The number of pyridine rings is 1. The van der Waals surface area contributed by atoms with E-state index in [1.165, 1.54) is 24.3 Å². The zero-order valence-corrected chi connectivity index (χ0v) is 11.8. The molecule has 0 atom stereocenters. The van der Waals surface area contributed by atoms with E-state index in [1.54, 1.807) is 31.2 Å². The highest BCUT2D eigenvalue weighted by Crippen LogP contribution is 2.19. The average Bonchev–Trinajstić information content (AvgIpc) is 2.49. The molecule has 0 spiro atoms. The number of nitrogens with one attached hydrogen (secondary N) is 2. The van der Waals surface area contributed by atoms with Gasteiger partial charge in [0, 0.05) is 22.7 Å². The Balaban J connectivity index is 2.04. The normalized spacial score (nSPS) is 10.6. The lowest BCUT2D eigenvalue weighted by molar-refractivity contribution is 0.102. The molecule has 0 aliphatic carbocycles. The van der Waals surface area contributed by atoms with Gasteiger partial charge in [0.15, 0.2) is 0 Å². The number of carbonyl (C=O) groups is 1. The van der Waals surface area contributed by atoms with Crippen LogP contribution < -0.4 is 10.9 Å². The summed E-state index contributed by atoms with van der Waals surface area (Å²) in [6.45, 7) is 1.70. The van der Waals surface area contributed by atoms with Crippen molar-refractivity contribution in [1.29, 1.82) is 0 Å². The van der Waals surface area contributed by atoms with Gasteiger partial charge in [0.25, 0.3) is 5.91 Å². The molecule has 0 aliphatic heterocycles. The Morgan fingerprint density at radius 1 is 1.14 bits per heavy atom. The fraction of sp³-hybridized carbons (Fsp3) is 0.0588. The number of carbonyl (C=O) groups excluding carboxylic acids is 1. The molecule has 0 saturated carbocycles. The number of hydrogen-bond acceptors (Lipinski definition) is 2. The van der Waals surface area contributed by atoms with Gasteiger partial charge in [0.05, 0.1) is 5.56 Å². The first-order valence-corrected chi connectivity index (χ1v) is 6.74. The fourth-order valence-electron chi connectivity index (χ4n) is 2.35. The van der Waals surface area contributed by atoms with E-state index in [1.807, 2.05) is 0 Å². The molecular formula is C17H13FN2O2. The summed E-state index contributed by atoms with van der Waals surface area (Å²) in [6, 6.07) is 12.4. The van der Waals surface area contributed by atoms with Crippen LogP contribution in [0.25, 0.3) is 10.9 Å². The average molecular weight is 296 g/mol. The first-order chi connectivity index (χ1) is 10.5. The number of aromatic amines is 1. The molecule has 5 heteroatoms. The van der Waals surface area contributed by atoms with E-state index in [0.717, 1.165) is 0 Å². The van der Waals surface area contributed by atoms with Gasteiger partial charge >= 0.3 is 0 Å². The fourth-order valence-corrected chi connectivity index (χ4v) is 2.35. The number of aryl methyl sites for hydroxylation is 1. The molecule has 0 bridgehead atoms. The number of hydrogen-bond donors (Lipinski definition) is 2. The van der Waals surface area contributed by atoms with Crippen LogP contribution in [0.1, 0.15) is 15.9 Å². The van der Waals surface area contributed by atoms with Gasteiger partial charge in [-0.2, -0.15) is 0 Å². The monoisotopic (exact) mass is 296 g/mol. The maximum Gasteiger partial charge on any atom is 0.256 e. The SMILES string of the molecule is Cc1cc(F)ccc1NC(=O)c1cc(=O)[nH]c2ccccc12. The number of rotatable bonds is 2. The standard InChI is InChI=1S/C17H13FN2O2/c1-10-8-11(18)6-7-14(10)20-17(22)13-9-16(21)19-15-5-3-2-4-12(13)15/h2-9H,1H3,(H,19,21)(H,20,22). The van der Waals surface area contributed by atoms with Crippen LogP contribution in [0.3, 0.4) is 0 Å². The highest BCUT2D eigenvalue weighted by Gasteiger charge is 2.13. The molecule has 0 saturated heterocycles. The van der Waals surface area contributed by atoms with E-state index in [0.29, 0.717) is 22.2 Å². The zero-order chi connectivity index (χ0) is 15.7. The van der Waals surface area contributed by atoms with Gasteiger partial charge in [-0.3, -0.25) is 9.59 Å². The highest BCUT2D eigenvalue weighted by molar-refractivity contribution is 6.12. The molecule has 3 aromatic rings. The summed E-state index contributed by atoms with van der Waals surface area (Å²) in [6.07, 6.45) is 0. The Labute approximate surface area is 125 Å². The van der Waals surface area contributed by atoms with Gasteiger partial charge < -0.3 is 10.3 Å². The van der Waals surface area contributed by atoms with Crippen LogP contribution in [-0.2, 0) is 0 Å². The molecule has 1 aromatic heterocycles. The molecule has 0 aliphatic rings. The van der Waals surface area contributed by atoms with Gasteiger partial charge in [-0.25, -0.2) is 4.39 Å². The van der Waals surface area contributed by atoms with Crippen LogP contribution in [0.15, 0.2) is 53.3 Å². The smallest absolute Gasteiger partial charge is 0.256 e. The van der Waals surface area contributed by atoms with Crippen molar-refractivity contribution in [3.63, 3.8) is 0 Å². The third-order valence-electron chi connectivity index (χ3n) is 3.43. The third-order valence-corrected chi connectivity index (χ3v) is 3.43. The van der Waals surface area contributed by atoms with Gasteiger partial charge in [-0.15, -0.1) is 0 Å². The Bertz CT molecular complexity index is 931. The summed E-state index contributed by atoms with van der Waals surface area (Å²) < 4.78 is 13.1. The maximum atomic E-state index is 13.1. The van der Waals surface area contributed by atoms with Crippen LogP contribution in [0.4, 0.5) is 10.1 Å². The lowest BCUT2D eigenvalue weighted by atomic mass is 10.1. The van der Waals surface area contributed by atoms with Gasteiger partial charge in [-0.1, -0.05) is 18.2 Å². The molecule has 1 amide bonds. The van der Waals surface area contributed by atoms with Crippen molar-refractivity contribution in [2.75, 3.05) is 5.32 Å². The van der Waals surface area contributed by atoms with Crippen LogP contribution in [-0.4, -0.2) is 10.9 Å². The highest BCUT2D eigenvalue weighted by atomic mass is 19.1. The van der Waals surface area contributed by atoms with Crippen molar-refractivity contribution in [3.05, 3.63) is 75.8 Å². The molecule has 0 radical (unpaired) electrons. The summed E-state index contributed by atoms with van der Waals surface area (Å²) in [5.74, 6) is -0.769. The van der Waals surface area contributed by atoms with Crippen LogP contribution >= 0.6 is 0 Å². The third kappa shape index (κ3) is 2.61. The number of halogens is 1. The van der Waals surface area contributed by atoms with Gasteiger partial charge in [-0.05, 0) is 36.8 Å². The molecule has 2 aromatic carbocycles. The van der Waals surface area contributed by atoms with E-state index in [9.17, 15) is 14.0 Å². The zero-order valence-electron chi connectivity index (χ0n) is 11.8. The second-order valence-electron chi connectivity index (χ2n) is 5.01. The number of benzene rings is 2. The maximum absolute atomic E-state index is 13.1. The number of amides is 1. The lowest BCUT2D eigenvalue weighted by Gasteiger charge is -2.10. The predicted octanol–water partition coefficient (Wildman–Crippen LogP) is 3.23. The Hall–Kier alpha value is -2.95. The van der Waals surface area contributed by atoms with Crippen molar-refractivity contribution >= 4 is 22.5 Å². The number of anilines is 1. The molecule has 110 valence electrons. The summed E-state index contributed by atoms with van der Waals surface area (Å²) in [5, 5.41) is 3.37. The van der Waals surface area contributed by atoms with E-state index >= 15 is 0 Å². The first-order valence-electron chi connectivity index (χ1n) is 6.74. The van der Waals surface area contributed by atoms with Crippen molar-refractivity contribution in [3.8, 4) is 0 Å². The number of H-pyrrole nitrogens is 1. The molecule has 22 heavy (non-hydrogen) atoms. The second-order valence-corrected chi connectivity index (χ2v) is 5.01. The number of fused-ring (bicyclic) bond motifs is 1. The molecule has 2 N–H and O–H groups in total. The predicted molar refractivity (Wildman–Crippen MR) is 83.7 cm³/mol. The lowest BCUT2D eigenvalue weighted by Crippen LogP contribution is -2.17. The Morgan fingerprint density at radius 2 is 1.91 bits per heavy atom. The molecule has 0 fully saturated rings. The topological polar surface area (TPSA) is 62.0 Å².